The van der Waals surface area contributed by atoms with Crippen LogP contribution < -0.4 is 10.3 Å². The molecule has 4 rings (SSSR count). The van der Waals surface area contributed by atoms with Crippen molar-refractivity contribution in [1.29, 1.82) is 0 Å². The molecule has 1 N–H and O–H groups in total. The van der Waals surface area contributed by atoms with E-state index in [0.29, 0.717) is 37.4 Å². The van der Waals surface area contributed by atoms with Crippen molar-refractivity contribution in [2.45, 2.75) is 43.1 Å². The minimum atomic E-state index is -3.33. The quantitative estimate of drug-likeness (QED) is 0.510. The molecule has 9 heteroatoms. The van der Waals surface area contributed by atoms with Crippen molar-refractivity contribution >= 4 is 15.9 Å². The van der Waals surface area contributed by atoms with E-state index >= 15 is 0 Å². The van der Waals surface area contributed by atoms with Crippen LogP contribution in [0.3, 0.4) is 0 Å². The predicted octanol–water partition coefficient (Wildman–Crippen LogP) is 4.24. The molecule has 1 fully saturated rings. The number of hydrogen-bond donors (Lipinski definition) is 1. The van der Waals surface area contributed by atoms with Gasteiger partial charge in [0.2, 0.25) is 0 Å². The van der Waals surface area contributed by atoms with Gasteiger partial charge in [-0.3, -0.25) is 9.36 Å². The normalized spacial score (nSPS) is 15.4. The standard InChI is InChI=1S/C27H30N2O6S/c1-3-6-20-7-4-5-8-24(20)27(14-17-28(18-15-27)26(31)32)35-22-13-16-29(25(30)19-22)21-9-11-23(12-10-21)36(2,33)34/h4-5,7-13,16,19H,3,6,14-15,17-18H2,1-2H3,(H,31,32). The first kappa shape index (κ1) is 25.5. The zero-order chi connectivity index (χ0) is 25.9. The Morgan fingerprint density at radius 3 is 2.31 bits per heavy atom. The molecule has 0 spiro atoms. The molecule has 1 aliphatic rings. The highest BCUT2D eigenvalue weighted by Crippen LogP contribution is 2.39. The van der Waals surface area contributed by atoms with Gasteiger partial charge in [-0.2, -0.15) is 0 Å². The van der Waals surface area contributed by atoms with E-state index in [4.69, 9.17) is 4.74 Å². The highest BCUT2D eigenvalue weighted by Gasteiger charge is 2.41. The Balaban J connectivity index is 1.67. The molecule has 0 bridgehead atoms. The van der Waals surface area contributed by atoms with Crippen LogP contribution in [0.15, 0.2) is 76.6 Å². The van der Waals surface area contributed by atoms with E-state index in [-0.39, 0.29) is 10.5 Å². The molecule has 0 atom stereocenters. The Morgan fingerprint density at radius 1 is 1.06 bits per heavy atom. The highest BCUT2D eigenvalue weighted by atomic mass is 32.2. The molecule has 0 saturated carbocycles. The van der Waals surface area contributed by atoms with E-state index < -0.39 is 21.5 Å². The summed E-state index contributed by atoms with van der Waals surface area (Å²) in [5.41, 5.74) is 1.64. The SMILES string of the molecule is CCCc1ccccc1C1(Oc2ccn(-c3ccc(S(C)(=O)=O)cc3)c(=O)c2)CCN(C(=O)O)CC1. The topological polar surface area (TPSA) is 106 Å². The van der Waals surface area contributed by atoms with Gasteiger partial charge in [0.25, 0.3) is 5.56 Å². The van der Waals surface area contributed by atoms with Crippen LogP contribution in [0.2, 0.25) is 0 Å². The van der Waals surface area contributed by atoms with Gasteiger partial charge in [0.05, 0.1) is 4.90 Å². The van der Waals surface area contributed by atoms with Crippen LogP contribution in [0, 0.1) is 0 Å². The zero-order valence-corrected chi connectivity index (χ0v) is 21.2. The van der Waals surface area contributed by atoms with Crippen molar-refractivity contribution in [2.75, 3.05) is 19.3 Å². The maximum absolute atomic E-state index is 13.0. The van der Waals surface area contributed by atoms with Gasteiger partial charge in [-0.1, -0.05) is 37.6 Å². The Hall–Kier alpha value is -3.59. The molecule has 2 aromatic carbocycles. The van der Waals surface area contributed by atoms with E-state index in [1.165, 1.54) is 27.7 Å². The summed E-state index contributed by atoms with van der Waals surface area (Å²) in [6, 6.07) is 17.3. The van der Waals surface area contributed by atoms with Crippen LogP contribution in [-0.4, -0.2) is 48.4 Å². The summed E-state index contributed by atoms with van der Waals surface area (Å²) in [5, 5.41) is 9.45. The van der Waals surface area contributed by atoms with Gasteiger partial charge in [-0.25, -0.2) is 13.2 Å². The molecule has 1 aromatic heterocycles. The number of piperidine rings is 1. The lowest BCUT2D eigenvalue weighted by atomic mass is 9.80. The molecular weight excluding hydrogens is 480 g/mol. The smallest absolute Gasteiger partial charge is 0.407 e. The number of aromatic nitrogens is 1. The van der Waals surface area contributed by atoms with E-state index in [1.54, 1.807) is 24.4 Å². The summed E-state index contributed by atoms with van der Waals surface area (Å²) in [6.45, 7) is 2.78. The third-order valence-corrected chi connectivity index (χ3v) is 7.74. The molecule has 0 aliphatic carbocycles. The van der Waals surface area contributed by atoms with E-state index in [1.807, 2.05) is 18.2 Å². The second-order valence-corrected chi connectivity index (χ2v) is 11.1. The average molecular weight is 511 g/mol. The molecule has 1 saturated heterocycles. The summed E-state index contributed by atoms with van der Waals surface area (Å²) in [4.78, 5) is 26.1. The molecule has 1 amide bonds. The van der Waals surface area contributed by atoms with Gasteiger partial charge in [0.1, 0.15) is 11.4 Å². The van der Waals surface area contributed by atoms with Gasteiger partial charge < -0.3 is 14.7 Å². The van der Waals surface area contributed by atoms with Gasteiger partial charge in [-0.05, 0) is 47.9 Å². The first-order chi connectivity index (χ1) is 17.1. The number of amides is 1. The molecule has 8 nitrogen and oxygen atoms in total. The van der Waals surface area contributed by atoms with Crippen LogP contribution in [0.5, 0.6) is 5.75 Å². The first-order valence-electron chi connectivity index (χ1n) is 11.9. The lowest BCUT2D eigenvalue weighted by Crippen LogP contribution is -2.48. The molecule has 3 aromatic rings. The Morgan fingerprint density at radius 2 is 1.72 bits per heavy atom. The second-order valence-electron chi connectivity index (χ2n) is 9.11. The van der Waals surface area contributed by atoms with E-state index in [0.717, 1.165) is 30.2 Å². The fraction of sp³-hybridized carbons (Fsp3) is 0.333. The van der Waals surface area contributed by atoms with Crippen molar-refractivity contribution in [3.63, 3.8) is 0 Å². The van der Waals surface area contributed by atoms with Crippen LogP contribution in [0.25, 0.3) is 5.69 Å². The summed E-state index contributed by atoms with van der Waals surface area (Å²) in [6.07, 6.45) is 4.56. The van der Waals surface area contributed by atoms with Crippen LogP contribution in [-0.2, 0) is 21.9 Å². The number of rotatable bonds is 7. The van der Waals surface area contributed by atoms with Crippen molar-refractivity contribution in [3.05, 3.63) is 88.3 Å². The van der Waals surface area contributed by atoms with E-state index in [9.17, 15) is 23.1 Å². The third-order valence-electron chi connectivity index (χ3n) is 6.62. The molecule has 0 radical (unpaired) electrons. The number of pyridine rings is 1. The lowest BCUT2D eigenvalue weighted by molar-refractivity contribution is 0.000362. The molecule has 36 heavy (non-hydrogen) atoms. The van der Waals surface area contributed by atoms with Gasteiger partial charge >= 0.3 is 6.09 Å². The van der Waals surface area contributed by atoms with Crippen LogP contribution in [0.4, 0.5) is 4.79 Å². The number of aryl methyl sites for hydroxylation is 1. The number of carbonyl (C=O) groups is 1. The largest absolute Gasteiger partial charge is 0.482 e. The number of likely N-dealkylation sites (tertiary alicyclic amines) is 1. The molecule has 1 aliphatic heterocycles. The van der Waals surface area contributed by atoms with Crippen molar-refractivity contribution in [2.24, 2.45) is 0 Å². The average Bonchev–Trinajstić information content (AvgIpc) is 2.84. The van der Waals surface area contributed by atoms with Crippen molar-refractivity contribution < 1.29 is 23.1 Å². The number of hydrogen-bond acceptors (Lipinski definition) is 5. The maximum Gasteiger partial charge on any atom is 0.407 e. The number of ether oxygens (including phenoxy) is 1. The summed E-state index contributed by atoms with van der Waals surface area (Å²) < 4.78 is 31.4. The second kappa shape index (κ2) is 10.2. The minimum absolute atomic E-state index is 0.180. The van der Waals surface area contributed by atoms with Crippen molar-refractivity contribution in [1.82, 2.24) is 9.47 Å². The monoisotopic (exact) mass is 510 g/mol. The Labute approximate surface area is 210 Å². The fourth-order valence-electron chi connectivity index (χ4n) is 4.75. The molecule has 190 valence electrons. The highest BCUT2D eigenvalue weighted by molar-refractivity contribution is 7.90. The van der Waals surface area contributed by atoms with Gasteiger partial charge in [0.15, 0.2) is 9.84 Å². The third kappa shape index (κ3) is 5.31. The van der Waals surface area contributed by atoms with Gasteiger partial charge in [0, 0.05) is 50.1 Å². The van der Waals surface area contributed by atoms with Crippen LogP contribution in [0.1, 0.15) is 37.3 Å². The van der Waals surface area contributed by atoms with Crippen molar-refractivity contribution in [3.8, 4) is 11.4 Å². The number of nitrogens with zero attached hydrogens (tertiary/aromatic N) is 2. The molecule has 2 heterocycles. The lowest BCUT2D eigenvalue weighted by Gasteiger charge is -2.42. The fourth-order valence-corrected chi connectivity index (χ4v) is 5.39. The summed E-state index contributed by atoms with van der Waals surface area (Å²) in [7, 11) is -3.33. The zero-order valence-electron chi connectivity index (χ0n) is 20.4. The number of carboxylic acid groups (broad SMARTS) is 1. The van der Waals surface area contributed by atoms with Crippen LogP contribution >= 0.6 is 0 Å². The number of sulfone groups is 1. The minimum Gasteiger partial charge on any atom is -0.482 e. The summed E-state index contributed by atoms with van der Waals surface area (Å²) in [5.74, 6) is 0.402. The summed E-state index contributed by atoms with van der Waals surface area (Å²) >= 11 is 0. The number of benzene rings is 2. The molecular formula is C27H30N2O6S. The van der Waals surface area contributed by atoms with E-state index in [2.05, 4.69) is 13.0 Å². The maximum atomic E-state index is 13.0. The first-order valence-corrected chi connectivity index (χ1v) is 13.8. The van der Waals surface area contributed by atoms with Gasteiger partial charge in [-0.15, -0.1) is 0 Å². The molecule has 0 unspecified atom stereocenters. The Bertz CT molecular complexity index is 1400. The predicted molar refractivity (Wildman–Crippen MR) is 137 cm³/mol. The Kier molecular flexibility index (Phi) is 7.21.